The number of hydrogen-bond acceptors (Lipinski definition) is 5. The SMILES string of the molecule is Cc1ccc(S(=O)(=O)Nc2ncnc3sc4c(c23)CC[C@H](C)C4)cc1C. The van der Waals surface area contributed by atoms with Crippen LogP contribution in [-0.2, 0) is 22.9 Å². The first-order valence-corrected chi connectivity index (χ1v) is 11.0. The molecule has 2 heterocycles. The Morgan fingerprint density at radius 2 is 2.00 bits per heavy atom. The van der Waals surface area contributed by atoms with Gasteiger partial charge in [0, 0.05) is 4.88 Å². The van der Waals surface area contributed by atoms with Gasteiger partial charge in [0.15, 0.2) is 5.82 Å². The van der Waals surface area contributed by atoms with E-state index in [-0.39, 0.29) is 4.90 Å². The summed E-state index contributed by atoms with van der Waals surface area (Å²) in [6.45, 7) is 6.13. The van der Waals surface area contributed by atoms with Gasteiger partial charge in [0.25, 0.3) is 10.0 Å². The van der Waals surface area contributed by atoms with Crippen molar-refractivity contribution in [1.29, 1.82) is 0 Å². The molecule has 1 N–H and O–H groups in total. The quantitative estimate of drug-likeness (QED) is 0.730. The average Bonchev–Trinajstić information content (AvgIpc) is 2.95. The maximum absolute atomic E-state index is 12.9. The summed E-state index contributed by atoms with van der Waals surface area (Å²) >= 11 is 1.66. The molecule has 0 saturated heterocycles. The summed E-state index contributed by atoms with van der Waals surface area (Å²) in [4.78, 5) is 11.1. The number of aromatic nitrogens is 2. The molecular weight excluding hydrogens is 366 g/mol. The fourth-order valence-electron chi connectivity index (χ4n) is 3.42. The third-order valence-corrected chi connectivity index (χ3v) is 7.61. The minimum atomic E-state index is -3.69. The van der Waals surface area contributed by atoms with Gasteiger partial charge in [0.05, 0.1) is 10.3 Å². The van der Waals surface area contributed by atoms with E-state index in [1.54, 1.807) is 23.5 Å². The highest BCUT2D eigenvalue weighted by atomic mass is 32.2. The van der Waals surface area contributed by atoms with Crippen LogP contribution in [0, 0.1) is 19.8 Å². The number of sulfonamides is 1. The van der Waals surface area contributed by atoms with Crippen molar-refractivity contribution in [3.05, 3.63) is 46.1 Å². The lowest BCUT2D eigenvalue weighted by Crippen LogP contribution is -2.15. The third-order valence-electron chi connectivity index (χ3n) is 5.11. The summed E-state index contributed by atoms with van der Waals surface area (Å²) in [6.07, 6.45) is 4.52. The molecule has 0 spiro atoms. The predicted octanol–water partition coefficient (Wildman–Crippen LogP) is 4.23. The van der Waals surface area contributed by atoms with Gasteiger partial charge in [-0.1, -0.05) is 13.0 Å². The second kappa shape index (κ2) is 6.32. The van der Waals surface area contributed by atoms with Crippen LogP contribution in [0.3, 0.4) is 0 Å². The highest BCUT2D eigenvalue weighted by molar-refractivity contribution is 7.92. The lowest BCUT2D eigenvalue weighted by Gasteiger charge is -2.18. The minimum Gasteiger partial charge on any atom is -0.263 e. The van der Waals surface area contributed by atoms with Crippen molar-refractivity contribution >= 4 is 37.4 Å². The number of benzene rings is 1. The molecule has 1 aliphatic rings. The number of hydrogen-bond donors (Lipinski definition) is 1. The zero-order valence-electron chi connectivity index (χ0n) is 15.0. The van der Waals surface area contributed by atoms with E-state index in [9.17, 15) is 8.42 Å². The molecule has 1 aliphatic carbocycles. The van der Waals surface area contributed by atoms with E-state index in [1.807, 2.05) is 19.9 Å². The smallest absolute Gasteiger partial charge is 0.263 e. The number of rotatable bonds is 3. The van der Waals surface area contributed by atoms with Crippen molar-refractivity contribution in [2.45, 2.75) is 44.9 Å². The average molecular weight is 388 g/mol. The molecule has 4 rings (SSSR count). The Morgan fingerprint density at radius 1 is 1.19 bits per heavy atom. The molecule has 0 saturated carbocycles. The van der Waals surface area contributed by atoms with E-state index in [4.69, 9.17) is 0 Å². The van der Waals surface area contributed by atoms with Crippen molar-refractivity contribution in [2.24, 2.45) is 5.92 Å². The van der Waals surface area contributed by atoms with Crippen LogP contribution in [0.4, 0.5) is 5.82 Å². The zero-order valence-corrected chi connectivity index (χ0v) is 16.7. The van der Waals surface area contributed by atoms with Crippen LogP contribution in [0.2, 0.25) is 0 Å². The van der Waals surface area contributed by atoms with E-state index in [1.165, 1.54) is 16.8 Å². The first kappa shape index (κ1) is 17.4. The van der Waals surface area contributed by atoms with Gasteiger partial charge < -0.3 is 0 Å². The molecule has 0 amide bonds. The number of thiophene rings is 1. The highest BCUT2D eigenvalue weighted by Gasteiger charge is 2.25. The normalized spacial score (nSPS) is 17.3. The molecule has 3 aromatic rings. The molecule has 0 fully saturated rings. The maximum atomic E-state index is 12.9. The fourth-order valence-corrected chi connectivity index (χ4v) is 5.88. The lowest BCUT2D eigenvalue weighted by atomic mass is 9.89. The van der Waals surface area contributed by atoms with Crippen LogP contribution < -0.4 is 4.72 Å². The summed E-state index contributed by atoms with van der Waals surface area (Å²) in [5.74, 6) is 1.04. The van der Waals surface area contributed by atoms with Crippen molar-refractivity contribution in [1.82, 2.24) is 9.97 Å². The molecule has 2 aromatic heterocycles. The van der Waals surface area contributed by atoms with Crippen molar-refractivity contribution in [3.8, 4) is 0 Å². The number of fused-ring (bicyclic) bond motifs is 3. The molecule has 136 valence electrons. The topological polar surface area (TPSA) is 72.0 Å². The Hall–Kier alpha value is -1.99. The van der Waals surface area contributed by atoms with Crippen LogP contribution in [0.5, 0.6) is 0 Å². The van der Waals surface area contributed by atoms with Crippen LogP contribution in [0.15, 0.2) is 29.4 Å². The summed E-state index contributed by atoms with van der Waals surface area (Å²) < 4.78 is 28.5. The van der Waals surface area contributed by atoms with Gasteiger partial charge in [-0.25, -0.2) is 18.4 Å². The van der Waals surface area contributed by atoms with Crippen molar-refractivity contribution in [3.63, 3.8) is 0 Å². The van der Waals surface area contributed by atoms with Gasteiger partial charge >= 0.3 is 0 Å². The van der Waals surface area contributed by atoms with E-state index in [0.29, 0.717) is 11.7 Å². The van der Waals surface area contributed by atoms with E-state index in [2.05, 4.69) is 21.6 Å². The first-order valence-electron chi connectivity index (χ1n) is 8.70. The van der Waals surface area contributed by atoms with Crippen LogP contribution in [0.25, 0.3) is 10.2 Å². The number of nitrogens with one attached hydrogen (secondary N) is 1. The fraction of sp³-hybridized carbons (Fsp3) is 0.368. The number of nitrogens with zero attached hydrogens (tertiary/aromatic N) is 2. The predicted molar refractivity (Wildman–Crippen MR) is 105 cm³/mol. The van der Waals surface area contributed by atoms with E-state index >= 15 is 0 Å². The van der Waals surface area contributed by atoms with Gasteiger partial charge in [-0.05, 0) is 67.9 Å². The monoisotopic (exact) mass is 387 g/mol. The second-order valence-corrected chi connectivity index (χ2v) is 9.87. The molecule has 0 radical (unpaired) electrons. The maximum Gasteiger partial charge on any atom is 0.263 e. The Labute approximate surface area is 157 Å². The Balaban J connectivity index is 1.78. The molecule has 7 heteroatoms. The zero-order chi connectivity index (χ0) is 18.5. The van der Waals surface area contributed by atoms with Crippen LogP contribution in [-0.4, -0.2) is 18.4 Å². The minimum absolute atomic E-state index is 0.255. The molecule has 26 heavy (non-hydrogen) atoms. The van der Waals surface area contributed by atoms with Gasteiger partial charge in [-0.3, -0.25) is 4.72 Å². The molecule has 0 aliphatic heterocycles. The van der Waals surface area contributed by atoms with Gasteiger partial charge in [0.2, 0.25) is 0 Å². The largest absolute Gasteiger partial charge is 0.263 e. The summed E-state index contributed by atoms with van der Waals surface area (Å²) in [6, 6.07) is 5.15. The second-order valence-electron chi connectivity index (χ2n) is 7.11. The van der Waals surface area contributed by atoms with E-state index < -0.39 is 10.0 Å². The van der Waals surface area contributed by atoms with Gasteiger partial charge in [-0.15, -0.1) is 11.3 Å². The van der Waals surface area contributed by atoms with Crippen LogP contribution in [0.1, 0.15) is 34.9 Å². The lowest BCUT2D eigenvalue weighted by molar-refractivity contribution is 0.509. The van der Waals surface area contributed by atoms with Crippen LogP contribution >= 0.6 is 11.3 Å². The molecule has 0 unspecified atom stereocenters. The Morgan fingerprint density at radius 3 is 2.77 bits per heavy atom. The molecule has 0 bridgehead atoms. The standard InChI is InChI=1S/C19H21N3O2S2/c1-11-4-7-15-16(8-11)25-19-17(15)18(20-10-21-19)22-26(23,24)14-6-5-12(2)13(3)9-14/h5-6,9-11H,4,7-8H2,1-3H3,(H,20,21,22)/t11-/m0/s1. The summed E-state index contributed by atoms with van der Waals surface area (Å²) in [5, 5.41) is 0.867. The Kier molecular flexibility index (Phi) is 4.23. The highest BCUT2D eigenvalue weighted by Crippen LogP contribution is 2.40. The summed E-state index contributed by atoms with van der Waals surface area (Å²) in [5.41, 5.74) is 3.22. The molecule has 1 aromatic carbocycles. The summed E-state index contributed by atoms with van der Waals surface area (Å²) in [7, 11) is -3.69. The Bertz CT molecular complexity index is 1100. The van der Waals surface area contributed by atoms with Crippen molar-refractivity contribution in [2.75, 3.05) is 4.72 Å². The van der Waals surface area contributed by atoms with Gasteiger partial charge in [0.1, 0.15) is 11.2 Å². The third kappa shape index (κ3) is 2.99. The molecule has 5 nitrogen and oxygen atoms in total. The number of anilines is 1. The van der Waals surface area contributed by atoms with Gasteiger partial charge in [-0.2, -0.15) is 0 Å². The number of aryl methyl sites for hydroxylation is 3. The van der Waals surface area contributed by atoms with E-state index in [0.717, 1.165) is 40.6 Å². The van der Waals surface area contributed by atoms with Crippen molar-refractivity contribution < 1.29 is 8.42 Å². The molecular formula is C19H21N3O2S2. The molecule has 1 atom stereocenters. The first-order chi connectivity index (χ1) is 12.3.